The Morgan fingerprint density at radius 2 is 1.71 bits per heavy atom. The monoisotopic (exact) mass is 418 g/mol. The van der Waals surface area contributed by atoms with Crippen LogP contribution >= 0.6 is 0 Å². The summed E-state index contributed by atoms with van der Waals surface area (Å²) >= 11 is 0. The van der Waals surface area contributed by atoms with Crippen LogP contribution < -0.4 is 10.8 Å². The van der Waals surface area contributed by atoms with Crippen molar-refractivity contribution in [2.45, 2.75) is 50.6 Å². The number of hydrogen-bond donors (Lipinski definition) is 1. The lowest BCUT2D eigenvalue weighted by molar-refractivity contribution is -0.129. The van der Waals surface area contributed by atoms with Gasteiger partial charge in [-0.25, -0.2) is 0 Å². The summed E-state index contributed by atoms with van der Waals surface area (Å²) in [5.41, 5.74) is 3.30. The van der Waals surface area contributed by atoms with E-state index in [2.05, 4.69) is 68.3 Å². The van der Waals surface area contributed by atoms with Crippen LogP contribution in [0, 0.1) is 5.92 Å². The van der Waals surface area contributed by atoms with Crippen LogP contribution in [0.15, 0.2) is 54.6 Å². The van der Waals surface area contributed by atoms with Crippen molar-refractivity contribution in [3.63, 3.8) is 0 Å². The Bertz CT molecular complexity index is 863. The minimum absolute atomic E-state index is 0.00276. The molecule has 0 bridgehead atoms. The van der Waals surface area contributed by atoms with Crippen LogP contribution in [0.4, 0.5) is 0 Å². The Hall–Kier alpha value is -2.11. The zero-order chi connectivity index (χ0) is 21.8. The van der Waals surface area contributed by atoms with E-state index in [1.807, 2.05) is 18.2 Å². The first-order chi connectivity index (χ1) is 14.9. The van der Waals surface area contributed by atoms with Crippen molar-refractivity contribution in [1.29, 1.82) is 0 Å². The number of nitrogens with one attached hydrogen (secondary N) is 1. The molecule has 31 heavy (non-hydrogen) atoms. The van der Waals surface area contributed by atoms with E-state index in [1.54, 1.807) is 0 Å². The third-order valence-electron chi connectivity index (χ3n) is 7.16. The molecular weight excluding hydrogens is 383 g/mol. The lowest BCUT2D eigenvalue weighted by Crippen LogP contribution is -2.50. The molecule has 2 fully saturated rings. The number of benzene rings is 2. The second-order valence-corrected chi connectivity index (χ2v) is 9.72. The van der Waals surface area contributed by atoms with Gasteiger partial charge >= 0.3 is 0 Å². The molecule has 0 spiro atoms. The summed E-state index contributed by atoms with van der Waals surface area (Å²) < 4.78 is 5.57. The number of morpholine rings is 1. The van der Waals surface area contributed by atoms with E-state index in [1.165, 1.54) is 11.0 Å². The third kappa shape index (κ3) is 5.21. The van der Waals surface area contributed by atoms with Gasteiger partial charge in [0.2, 0.25) is 5.91 Å². The molecule has 5 heteroatoms. The fourth-order valence-electron chi connectivity index (χ4n) is 5.25. The SMILES string of the molecule is Bc1ccc([C@@H]2C[C@H](N3CCOCC3)CC[C@H]2C(=O)NC(C)(C)c2ccccc2)cc1. The van der Waals surface area contributed by atoms with Crippen molar-refractivity contribution < 1.29 is 9.53 Å². The van der Waals surface area contributed by atoms with Crippen molar-refractivity contribution >= 4 is 19.2 Å². The third-order valence-corrected chi connectivity index (χ3v) is 7.16. The summed E-state index contributed by atoms with van der Waals surface area (Å²) in [6.45, 7) is 7.84. The summed E-state index contributed by atoms with van der Waals surface area (Å²) in [6.07, 6.45) is 3.04. The summed E-state index contributed by atoms with van der Waals surface area (Å²) in [5.74, 6) is 0.427. The Morgan fingerprint density at radius 3 is 2.39 bits per heavy atom. The van der Waals surface area contributed by atoms with Gasteiger partial charge in [0.15, 0.2) is 0 Å². The molecule has 1 saturated carbocycles. The van der Waals surface area contributed by atoms with Gasteiger partial charge in [0, 0.05) is 25.0 Å². The predicted molar refractivity (Wildman–Crippen MR) is 128 cm³/mol. The normalized spacial score (nSPS) is 25.2. The van der Waals surface area contributed by atoms with E-state index in [0.717, 1.165) is 51.1 Å². The van der Waals surface area contributed by atoms with E-state index >= 15 is 0 Å². The lowest BCUT2D eigenvalue weighted by atomic mass is 9.72. The topological polar surface area (TPSA) is 41.6 Å². The molecule has 2 aliphatic rings. The summed E-state index contributed by atoms with van der Waals surface area (Å²) in [7, 11) is 2.12. The van der Waals surface area contributed by atoms with Crippen LogP contribution in [0.3, 0.4) is 0 Å². The minimum Gasteiger partial charge on any atom is -0.379 e. The zero-order valence-electron chi connectivity index (χ0n) is 19.1. The molecule has 4 nitrogen and oxygen atoms in total. The van der Waals surface area contributed by atoms with Crippen molar-refractivity contribution in [1.82, 2.24) is 10.2 Å². The minimum atomic E-state index is -0.392. The highest BCUT2D eigenvalue weighted by molar-refractivity contribution is 6.32. The van der Waals surface area contributed by atoms with Gasteiger partial charge in [-0.2, -0.15) is 0 Å². The Morgan fingerprint density at radius 1 is 1.03 bits per heavy atom. The van der Waals surface area contributed by atoms with Crippen LogP contribution in [-0.4, -0.2) is 51.0 Å². The van der Waals surface area contributed by atoms with Crippen molar-refractivity contribution in [3.05, 3.63) is 65.7 Å². The van der Waals surface area contributed by atoms with Crippen LogP contribution in [0.5, 0.6) is 0 Å². The van der Waals surface area contributed by atoms with Gasteiger partial charge in [-0.05, 0) is 50.2 Å². The maximum absolute atomic E-state index is 13.6. The fourth-order valence-corrected chi connectivity index (χ4v) is 5.25. The molecule has 4 rings (SSSR count). The number of ether oxygens (including phenoxy) is 1. The first kappa shape index (κ1) is 22.1. The quantitative estimate of drug-likeness (QED) is 0.760. The standard InChI is InChI=1S/C26H35BN2O2/c1-26(2,20-6-4-3-5-7-20)28-25(30)23-13-12-22(29-14-16-31-17-15-29)18-24(23)19-8-10-21(27)11-9-19/h3-11,22-24H,12-18,27H2,1-2H3,(H,28,30)/t22-,23-,24+/m1/s1. The lowest BCUT2D eigenvalue weighted by Gasteiger charge is -2.43. The molecule has 3 atom stereocenters. The van der Waals surface area contributed by atoms with Gasteiger partial charge in [-0.3, -0.25) is 9.69 Å². The number of carbonyl (C=O) groups excluding carboxylic acids is 1. The molecular formula is C26H35BN2O2. The molecule has 2 aromatic rings. The molecule has 164 valence electrons. The Kier molecular flexibility index (Phi) is 6.83. The first-order valence-electron chi connectivity index (χ1n) is 11.7. The molecule has 1 amide bonds. The number of carbonyl (C=O) groups is 1. The number of rotatable bonds is 5. The maximum Gasteiger partial charge on any atom is 0.224 e. The maximum atomic E-state index is 13.6. The molecule has 0 radical (unpaired) electrons. The highest BCUT2D eigenvalue weighted by atomic mass is 16.5. The van der Waals surface area contributed by atoms with Crippen molar-refractivity contribution in [3.8, 4) is 0 Å². The smallest absolute Gasteiger partial charge is 0.224 e. The molecule has 1 aliphatic carbocycles. The van der Waals surface area contributed by atoms with Crippen LogP contribution in [-0.2, 0) is 15.1 Å². The second-order valence-electron chi connectivity index (χ2n) is 9.72. The number of nitrogens with zero attached hydrogens (tertiary/aromatic N) is 1. The zero-order valence-corrected chi connectivity index (χ0v) is 19.1. The fraction of sp³-hybridized carbons (Fsp3) is 0.500. The average Bonchev–Trinajstić information content (AvgIpc) is 2.80. The van der Waals surface area contributed by atoms with E-state index in [-0.39, 0.29) is 17.7 Å². The van der Waals surface area contributed by atoms with Gasteiger partial charge < -0.3 is 10.1 Å². The molecule has 1 saturated heterocycles. The number of amides is 1. The van der Waals surface area contributed by atoms with Gasteiger partial charge in [0.05, 0.1) is 18.8 Å². The first-order valence-corrected chi connectivity index (χ1v) is 11.7. The van der Waals surface area contributed by atoms with Crippen molar-refractivity contribution in [2.75, 3.05) is 26.3 Å². The summed E-state index contributed by atoms with van der Waals surface area (Å²) in [4.78, 5) is 16.2. The van der Waals surface area contributed by atoms with Crippen LogP contribution in [0.25, 0.3) is 0 Å². The van der Waals surface area contributed by atoms with Gasteiger partial charge in [0.25, 0.3) is 0 Å². The van der Waals surface area contributed by atoms with E-state index in [9.17, 15) is 4.79 Å². The second kappa shape index (κ2) is 9.58. The summed E-state index contributed by atoms with van der Waals surface area (Å²) in [5, 5.41) is 3.38. The van der Waals surface area contributed by atoms with Crippen molar-refractivity contribution in [2.24, 2.45) is 5.92 Å². The molecule has 2 aromatic carbocycles. The largest absolute Gasteiger partial charge is 0.379 e. The Labute approximate surface area is 187 Å². The highest BCUT2D eigenvalue weighted by Gasteiger charge is 2.39. The predicted octanol–water partition coefficient (Wildman–Crippen LogP) is 2.58. The molecule has 0 unspecified atom stereocenters. The van der Waals surface area contributed by atoms with Gasteiger partial charge in [-0.1, -0.05) is 60.1 Å². The highest BCUT2D eigenvalue weighted by Crippen LogP contribution is 2.40. The van der Waals surface area contributed by atoms with Crippen LogP contribution in [0.2, 0.25) is 0 Å². The summed E-state index contributed by atoms with van der Waals surface area (Å²) in [6, 6.07) is 19.6. The van der Waals surface area contributed by atoms with E-state index in [0.29, 0.717) is 6.04 Å². The molecule has 1 heterocycles. The molecule has 0 aromatic heterocycles. The molecule has 1 N–H and O–H groups in total. The van der Waals surface area contributed by atoms with Crippen LogP contribution in [0.1, 0.15) is 50.2 Å². The van der Waals surface area contributed by atoms with E-state index < -0.39 is 5.54 Å². The van der Waals surface area contributed by atoms with E-state index in [4.69, 9.17) is 4.74 Å². The Balaban J connectivity index is 1.54. The molecule has 1 aliphatic heterocycles. The van der Waals surface area contributed by atoms with Gasteiger partial charge in [-0.15, -0.1) is 0 Å². The number of hydrogen-bond acceptors (Lipinski definition) is 3. The van der Waals surface area contributed by atoms with Gasteiger partial charge in [0.1, 0.15) is 7.85 Å². The average molecular weight is 418 g/mol.